The predicted octanol–water partition coefficient (Wildman–Crippen LogP) is 1.44. The van der Waals surface area contributed by atoms with E-state index in [-0.39, 0.29) is 24.5 Å². The van der Waals surface area contributed by atoms with E-state index in [4.69, 9.17) is 4.74 Å². The molecule has 20 heavy (non-hydrogen) atoms. The molecule has 1 heterocycles. The number of hydrogen-bond acceptors (Lipinski definition) is 3. The second-order valence-electron chi connectivity index (χ2n) is 5.12. The highest BCUT2D eigenvalue weighted by molar-refractivity contribution is 5.97. The van der Waals surface area contributed by atoms with E-state index in [1.165, 1.54) is 0 Å². The average Bonchev–Trinajstić information content (AvgIpc) is 2.62. The van der Waals surface area contributed by atoms with Gasteiger partial charge in [0, 0.05) is 18.7 Å². The maximum Gasteiger partial charge on any atom is 0.254 e. The van der Waals surface area contributed by atoms with Crippen molar-refractivity contribution in [2.75, 3.05) is 19.6 Å². The number of nitrogens with one attached hydrogen (secondary N) is 1. The first kappa shape index (κ1) is 14.4. The van der Waals surface area contributed by atoms with Crippen molar-refractivity contribution in [3.63, 3.8) is 0 Å². The molecule has 1 aliphatic rings. The van der Waals surface area contributed by atoms with Crippen LogP contribution in [0.2, 0.25) is 0 Å². The summed E-state index contributed by atoms with van der Waals surface area (Å²) in [5.41, 5.74) is 0.554. The number of ether oxygens (including phenoxy) is 1. The zero-order chi connectivity index (χ0) is 14.5. The molecule has 2 amide bonds. The topological polar surface area (TPSA) is 58.6 Å². The van der Waals surface area contributed by atoms with Gasteiger partial charge in [-0.25, -0.2) is 0 Å². The van der Waals surface area contributed by atoms with Crippen LogP contribution in [-0.2, 0) is 4.79 Å². The van der Waals surface area contributed by atoms with Crippen molar-refractivity contribution in [1.29, 1.82) is 0 Å². The van der Waals surface area contributed by atoms with Gasteiger partial charge in [-0.1, -0.05) is 6.07 Å². The quantitative estimate of drug-likeness (QED) is 0.908. The molecule has 1 fully saturated rings. The first-order valence-electron chi connectivity index (χ1n) is 6.89. The fourth-order valence-corrected chi connectivity index (χ4v) is 2.14. The van der Waals surface area contributed by atoms with E-state index >= 15 is 0 Å². The van der Waals surface area contributed by atoms with Crippen LogP contribution in [0, 0.1) is 0 Å². The number of hydrogen-bond donors (Lipinski definition) is 1. The molecule has 2 rings (SSSR count). The molecule has 1 saturated heterocycles. The van der Waals surface area contributed by atoms with Gasteiger partial charge in [0.15, 0.2) is 0 Å². The monoisotopic (exact) mass is 276 g/mol. The molecule has 0 atom stereocenters. The minimum atomic E-state index is -0.128. The van der Waals surface area contributed by atoms with Gasteiger partial charge in [-0.05, 0) is 38.5 Å². The van der Waals surface area contributed by atoms with Gasteiger partial charge >= 0.3 is 0 Å². The van der Waals surface area contributed by atoms with Crippen LogP contribution in [0.25, 0.3) is 0 Å². The number of carbonyl (C=O) groups is 2. The molecule has 108 valence electrons. The molecule has 1 aliphatic heterocycles. The first-order chi connectivity index (χ1) is 9.56. The fourth-order valence-electron chi connectivity index (χ4n) is 2.14. The fraction of sp³-hybridized carbons (Fsp3) is 0.467. The van der Waals surface area contributed by atoms with Crippen molar-refractivity contribution >= 4 is 11.8 Å². The summed E-state index contributed by atoms with van der Waals surface area (Å²) >= 11 is 0. The summed E-state index contributed by atoms with van der Waals surface area (Å²) < 4.78 is 5.59. The zero-order valence-corrected chi connectivity index (χ0v) is 11.9. The third kappa shape index (κ3) is 3.73. The molecule has 1 N–H and O–H groups in total. The Labute approximate surface area is 118 Å². The number of carbonyl (C=O) groups excluding carboxylic acids is 2. The van der Waals surface area contributed by atoms with E-state index in [2.05, 4.69) is 5.32 Å². The van der Waals surface area contributed by atoms with Crippen LogP contribution in [0.5, 0.6) is 5.75 Å². The van der Waals surface area contributed by atoms with Gasteiger partial charge < -0.3 is 15.0 Å². The van der Waals surface area contributed by atoms with E-state index in [0.29, 0.717) is 24.4 Å². The highest BCUT2D eigenvalue weighted by Crippen LogP contribution is 2.16. The summed E-state index contributed by atoms with van der Waals surface area (Å²) in [7, 11) is 0. The van der Waals surface area contributed by atoms with Crippen LogP contribution < -0.4 is 10.1 Å². The molecule has 1 aromatic carbocycles. The van der Waals surface area contributed by atoms with Crippen LogP contribution >= 0.6 is 0 Å². The summed E-state index contributed by atoms with van der Waals surface area (Å²) in [6, 6.07) is 7.10. The number of nitrogens with zero attached hydrogens (tertiary/aromatic N) is 1. The Hall–Kier alpha value is -2.04. The van der Waals surface area contributed by atoms with Crippen molar-refractivity contribution in [3.05, 3.63) is 29.8 Å². The van der Waals surface area contributed by atoms with Crippen LogP contribution in [0.15, 0.2) is 24.3 Å². The van der Waals surface area contributed by atoms with Crippen molar-refractivity contribution in [2.45, 2.75) is 26.4 Å². The molecule has 0 unspecified atom stereocenters. The summed E-state index contributed by atoms with van der Waals surface area (Å²) in [5, 5.41) is 2.76. The van der Waals surface area contributed by atoms with Crippen LogP contribution in [0.3, 0.4) is 0 Å². The molecule has 0 saturated carbocycles. The minimum Gasteiger partial charge on any atom is -0.491 e. The van der Waals surface area contributed by atoms with Gasteiger partial charge in [0.1, 0.15) is 5.75 Å². The smallest absolute Gasteiger partial charge is 0.254 e. The van der Waals surface area contributed by atoms with Crippen molar-refractivity contribution in [2.24, 2.45) is 0 Å². The molecular formula is C15H20N2O3. The van der Waals surface area contributed by atoms with Crippen molar-refractivity contribution in [3.8, 4) is 5.75 Å². The van der Waals surface area contributed by atoms with Gasteiger partial charge in [-0.3, -0.25) is 9.59 Å². The van der Waals surface area contributed by atoms with Crippen molar-refractivity contribution < 1.29 is 14.3 Å². The van der Waals surface area contributed by atoms with Gasteiger partial charge in [-0.2, -0.15) is 0 Å². The maximum absolute atomic E-state index is 12.4. The normalized spacial score (nSPS) is 15.8. The predicted molar refractivity (Wildman–Crippen MR) is 75.7 cm³/mol. The second kappa shape index (κ2) is 6.41. The third-order valence-corrected chi connectivity index (χ3v) is 3.00. The standard InChI is InChI=1S/C15H20N2O3/c1-11(2)20-13-6-3-5-12(9-13)15(19)17-8-4-7-16-14(18)10-17/h3,5-6,9,11H,4,7-8,10H2,1-2H3,(H,16,18). The lowest BCUT2D eigenvalue weighted by Gasteiger charge is -2.19. The van der Waals surface area contributed by atoms with Crippen LogP contribution in [0.1, 0.15) is 30.6 Å². The van der Waals surface area contributed by atoms with Crippen LogP contribution in [0.4, 0.5) is 0 Å². The molecule has 5 heteroatoms. The summed E-state index contributed by atoms with van der Waals surface area (Å²) in [6.07, 6.45) is 0.837. The van der Waals surface area contributed by atoms with Gasteiger partial charge in [0.05, 0.1) is 12.6 Å². The van der Waals surface area contributed by atoms with Gasteiger partial charge in [-0.15, -0.1) is 0 Å². The molecule has 5 nitrogen and oxygen atoms in total. The third-order valence-electron chi connectivity index (χ3n) is 3.00. The Bertz CT molecular complexity index is 500. The largest absolute Gasteiger partial charge is 0.491 e. The maximum atomic E-state index is 12.4. The second-order valence-corrected chi connectivity index (χ2v) is 5.12. The van der Waals surface area contributed by atoms with E-state index in [0.717, 1.165) is 6.42 Å². The highest BCUT2D eigenvalue weighted by Gasteiger charge is 2.21. The zero-order valence-electron chi connectivity index (χ0n) is 11.9. The van der Waals surface area contributed by atoms with Crippen molar-refractivity contribution in [1.82, 2.24) is 10.2 Å². The summed E-state index contributed by atoms with van der Waals surface area (Å²) in [4.78, 5) is 25.5. The first-order valence-corrected chi connectivity index (χ1v) is 6.89. The Morgan fingerprint density at radius 3 is 2.95 bits per heavy atom. The Morgan fingerprint density at radius 1 is 1.40 bits per heavy atom. The lowest BCUT2D eigenvalue weighted by Crippen LogP contribution is -2.37. The van der Waals surface area contributed by atoms with E-state index < -0.39 is 0 Å². The number of rotatable bonds is 3. The molecule has 0 bridgehead atoms. The van der Waals surface area contributed by atoms with E-state index in [1.54, 1.807) is 23.1 Å². The highest BCUT2D eigenvalue weighted by atomic mass is 16.5. The molecule has 1 aromatic rings. The molecule has 0 aromatic heterocycles. The summed E-state index contributed by atoms with van der Waals surface area (Å²) in [5.74, 6) is 0.437. The Kier molecular flexibility index (Phi) is 4.61. The van der Waals surface area contributed by atoms with Gasteiger partial charge in [0.2, 0.25) is 5.91 Å². The lowest BCUT2D eigenvalue weighted by atomic mass is 10.2. The number of amides is 2. The Balaban J connectivity index is 2.13. The number of benzene rings is 1. The van der Waals surface area contributed by atoms with Crippen LogP contribution in [-0.4, -0.2) is 42.5 Å². The molecule has 0 spiro atoms. The SMILES string of the molecule is CC(C)Oc1cccc(C(=O)N2CCCNC(=O)C2)c1. The minimum absolute atomic E-state index is 0.0596. The molecule has 0 radical (unpaired) electrons. The lowest BCUT2D eigenvalue weighted by molar-refractivity contribution is -0.121. The van der Waals surface area contributed by atoms with E-state index in [9.17, 15) is 9.59 Å². The van der Waals surface area contributed by atoms with Gasteiger partial charge in [0.25, 0.3) is 5.91 Å². The average molecular weight is 276 g/mol. The molecular weight excluding hydrogens is 256 g/mol. The molecule has 0 aliphatic carbocycles. The van der Waals surface area contributed by atoms with E-state index in [1.807, 2.05) is 19.9 Å². The summed E-state index contributed by atoms with van der Waals surface area (Å²) in [6.45, 7) is 5.21. The Morgan fingerprint density at radius 2 is 2.20 bits per heavy atom.